The van der Waals surface area contributed by atoms with E-state index in [4.69, 9.17) is 4.74 Å². The van der Waals surface area contributed by atoms with Gasteiger partial charge in [-0.2, -0.15) is 0 Å². The Morgan fingerprint density at radius 3 is 2.71 bits per heavy atom. The van der Waals surface area contributed by atoms with Crippen LogP contribution in [-0.4, -0.2) is 13.2 Å². The maximum atomic E-state index is 5.61. The van der Waals surface area contributed by atoms with E-state index in [1.807, 2.05) is 6.92 Å². The molecular formula is C18H22ClNO. The minimum absolute atomic E-state index is 0. The smallest absolute Gasteiger partial charge is 0.119 e. The Labute approximate surface area is 132 Å². The summed E-state index contributed by atoms with van der Waals surface area (Å²) in [5.41, 5.74) is 4.23. The van der Waals surface area contributed by atoms with E-state index < -0.39 is 0 Å². The van der Waals surface area contributed by atoms with Crippen molar-refractivity contribution in [1.29, 1.82) is 0 Å². The normalized spacial score (nSPS) is 16.7. The Bertz CT molecular complexity index is 571. The zero-order chi connectivity index (χ0) is 13.8. The van der Waals surface area contributed by atoms with Crippen molar-refractivity contribution in [1.82, 2.24) is 5.32 Å². The van der Waals surface area contributed by atoms with E-state index in [9.17, 15) is 0 Å². The Hall–Kier alpha value is -1.51. The summed E-state index contributed by atoms with van der Waals surface area (Å²) in [6.07, 6.45) is 2.13. The number of fused-ring (bicyclic) bond motifs is 1. The molecule has 1 aliphatic rings. The Morgan fingerprint density at radius 1 is 1.14 bits per heavy atom. The monoisotopic (exact) mass is 303 g/mol. The van der Waals surface area contributed by atoms with Gasteiger partial charge in [-0.3, -0.25) is 0 Å². The lowest BCUT2D eigenvalue weighted by molar-refractivity contribution is 0.339. The molecule has 1 aliphatic heterocycles. The molecule has 1 unspecified atom stereocenters. The first-order valence-electron chi connectivity index (χ1n) is 7.39. The van der Waals surface area contributed by atoms with Gasteiger partial charge in [0.05, 0.1) is 6.61 Å². The molecule has 0 bridgehead atoms. The lowest BCUT2D eigenvalue weighted by Gasteiger charge is -2.27. The molecule has 2 aromatic carbocycles. The fraction of sp³-hybridized carbons (Fsp3) is 0.333. The molecule has 3 heteroatoms. The first-order chi connectivity index (χ1) is 9.86. The van der Waals surface area contributed by atoms with Crippen LogP contribution in [0.5, 0.6) is 5.75 Å². The van der Waals surface area contributed by atoms with E-state index in [2.05, 4.69) is 53.8 Å². The SMILES string of the molecule is CCOc1ccc2c(c1)CCNC2Cc1ccccc1.Cl. The predicted molar refractivity (Wildman–Crippen MR) is 89.5 cm³/mol. The van der Waals surface area contributed by atoms with Crippen molar-refractivity contribution < 1.29 is 4.74 Å². The molecule has 2 nitrogen and oxygen atoms in total. The first-order valence-corrected chi connectivity index (χ1v) is 7.39. The Balaban J connectivity index is 0.00000161. The molecule has 21 heavy (non-hydrogen) atoms. The summed E-state index contributed by atoms with van der Waals surface area (Å²) in [6.45, 7) is 3.80. The zero-order valence-electron chi connectivity index (χ0n) is 12.3. The molecule has 0 aromatic heterocycles. The average Bonchev–Trinajstić information content (AvgIpc) is 2.49. The van der Waals surface area contributed by atoms with Crippen molar-refractivity contribution >= 4 is 12.4 Å². The third-order valence-electron chi connectivity index (χ3n) is 3.87. The summed E-state index contributed by atoms with van der Waals surface area (Å²) in [6, 6.07) is 17.6. The van der Waals surface area contributed by atoms with Crippen LogP contribution in [0.15, 0.2) is 48.5 Å². The van der Waals surface area contributed by atoms with Crippen molar-refractivity contribution in [2.45, 2.75) is 25.8 Å². The Kier molecular flexibility index (Phi) is 5.66. The largest absolute Gasteiger partial charge is 0.494 e. The Morgan fingerprint density at radius 2 is 1.95 bits per heavy atom. The van der Waals surface area contributed by atoms with Crippen LogP contribution in [0, 0.1) is 0 Å². The molecule has 0 saturated carbocycles. The lowest BCUT2D eigenvalue weighted by Crippen LogP contribution is -2.31. The maximum Gasteiger partial charge on any atom is 0.119 e. The molecule has 2 aromatic rings. The molecule has 0 fully saturated rings. The number of rotatable bonds is 4. The van der Waals surface area contributed by atoms with E-state index in [1.165, 1.54) is 16.7 Å². The molecule has 0 amide bonds. The van der Waals surface area contributed by atoms with Crippen molar-refractivity contribution in [3.05, 3.63) is 65.2 Å². The molecule has 3 rings (SSSR count). The highest BCUT2D eigenvalue weighted by atomic mass is 35.5. The highest BCUT2D eigenvalue weighted by Gasteiger charge is 2.20. The quantitative estimate of drug-likeness (QED) is 0.924. The molecule has 0 radical (unpaired) electrons. The molecule has 112 valence electrons. The third-order valence-corrected chi connectivity index (χ3v) is 3.87. The minimum atomic E-state index is 0. The van der Waals surface area contributed by atoms with Crippen molar-refractivity contribution in [3.8, 4) is 5.75 Å². The number of nitrogens with one attached hydrogen (secondary N) is 1. The standard InChI is InChI=1S/C18H21NO.ClH/c1-2-20-16-8-9-17-15(13-16)10-11-19-18(17)12-14-6-4-3-5-7-14;/h3-9,13,18-19H,2,10-12H2,1H3;1H. The van der Waals surface area contributed by atoms with Gasteiger partial charge in [0.1, 0.15) is 5.75 Å². The van der Waals surface area contributed by atoms with Gasteiger partial charge in [-0.25, -0.2) is 0 Å². The fourth-order valence-electron chi connectivity index (χ4n) is 2.92. The topological polar surface area (TPSA) is 21.3 Å². The summed E-state index contributed by atoms with van der Waals surface area (Å²) in [5, 5.41) is 3.63. The number of hydrogen-bond acceptors (Lipinski definition) is 2. The van der Waals surface area contributed by atoms with Crippen molar-refractivity contribution in [3.63, 3.8) is 0 Å². The third kappa shape index (κ3) is 3.78. The van der Waals surface area contributed by atoms with Gasteiger partial charge < -0.3 is 10.1 Å². The number of hydrogen-bond donors (Lipinski definition) is 1. The molecule has 1 atom stereocenters. The van der Waals surface area contributed by atoms with Gasteiger partial charge in [0.15, 0.2) is 0 Å². The van der Waals surface area contributed by atoms with E-state index in [-0.39, 0.29) is 12.4 Å². The van der Waals surface area contributed by atoms with Crippen LogP contribution in [0.25, 0.3) is 0 Å². The van der Waals surface area contributed by atoms with E-state index in [1.54, 1.807) is 0 Å². The molecule has 1 heterocycles. The second-order valence-electron chi connectivity index (χ2n) is 5.24. The maximum absolute atomic E-state index is 5.61. The van der Waals surface area contributed by atoms with Crippen LogP contribution in [0.1, 0.15) is 29.7 Å². The van der Waals surface area contributed by atoms with Gasteiger partial charge in [0.2, 0.25) is 0 Å². The number of ether oxygens (including phenoxy) is 1. The average molecular weight is 304 g/mol. The molecule has 0 spiro atoms. The van der Waals surface area contributed by atoms with Crippen LogP contribution in [0.2, 0.25) is 0 Å². The zero-order valence-corrected chi connectivity index (χ0v) is 13.2. The van der Waals surface area contributed by atoms with Crippen LogP contribution < -0.4 is 10.1 Å². The fourth-order valence-corrected chi connectivity index (χ4v) is 2.92. The number of benzene rings is 2. The van der Waals surface area contributed by atoms with E-state index >= 15 is 0 Å². The van der Waals surface area contributed by atoms with Crippen LogP contribution in [-0.2, 0) is 12.8 Å². The number of halogens is 1. The van der Waals surface area contributed by atoms with Gasteiger partial charge in [0, 0.05) is 6.04 Å². The van der Waals surface area contributed by atoms with Crippen LogP contribution in [0.4, 0.5) is 0 Å². The molecule has 1 N–H and O–H groups in total. The first kappa shape index (κ1) is 15.9. The summed E-state index contributed by atoms with van der Waals surface area (Å²) >= 11 is 0. The lowest BCUT2D eigenvalue weighted by atomic mass is 9.90. The van der Waals surface area contributed by atoms with E-state index in [0.29, 0.717) is 6.04 Å². The summed E-state index contributed by atoms with van der Waals surface area (Å²) in [7, 11) is 0. The van der Waals surface area contributed by atoms with Gasteiger partial charge in [-0.05, 0) is 55.1 Å². The summed E-state index contributed by atoms with van der Waals surface area (Å²) < 4.78 is 5.61. The van der Waals surface area contributed by atoms with Gasteiger partial charge >= 0.3 is 0 Å². The van der Waals surface area contributed by atoms with Gasteiger partial charge in [0.25, 0.3) is 0 Å². The highest BCUT2D eigenvalue weighted by molar-refractivity contribution is 5.85. The summed E-state index contributed by atoms with van der Waals surface area (Å²) in [4.78, 5) is 0. The second-order valence-corrected chi connectivity index (χ2v) is 5.24. The summed E-state index contributed by atoms with van der Waals surface area (Å²) in [5.74, 6) is 0.992. The minimum Gasteiger partial charge on any atom is -0.494 e. The van der Waals surface area contributed by atoms with E-state index in [0.717, 1.165) is 31.7 Å². The van der Waals surface area contributed by atoms with Crippen molar-refractivity contribution in [2.24, 2.45) is 0 Å². The van der Waals surface area contributed by atoms with Crippen molar-refractivity contribution in [2.75, 3.05) is 13.2 Å². The van der Waals surface area contributed by atoms with Crippen LogP contribution >= 0.6 is 12.4 Å². The van der Waals surface area contributed by atoms with Gasteiger partial charge in [-0.1, -0.05) is 36.4 Å². The molecular weight excluding hydrogens is 282 g/mol. The second kappa shape index (κ2) is 7.48. The van der Waals surface area contributed by atoms with Gasteiger partial charge in [-0.15, -0.1) is 12.4 Å². The highest BCUT2D eigenvalue weighted by Crippen LogP contribution is 2.29. The predicted octanol–water partition coefficient (Wildman–Crippen LogP) is 3.94. The molecule has 0 aliphatic carbocycles. The molecule has 0 saturated heterocycles. The van der Waals surface area contributed by atoms with Crippen LogP contribution in [0.3, 0.4) is 0 Å².